The van der Waals surface area contributed by atoms with Crippen molar-refractivity contribution in [3.05, 3.63) is 47.5 Å². The predicted molar refractivity (Wildman–Crippen MR) is 119 cm³/mol. The minimum Gasteiger partial charge on any atom is -0.493 e. The molecule has 0 aliphatic carbocycles. The summed E-state index contributed by atoms with van der Waals surface area (Å²) in [4.78, 5) is 18.5. The maximum absolute atomic E-state index is 11.6. The molecule has 3 rings (SSSR count). The van der Waals surface area contributed by atoms with Gasteiger partial charge in [0.15, 0.2) is 17.8 Å². The molecule has 2 aromatic rings. The summed E-state index contributed by atoms with van der Waals surface area (Å²) in [5, 5.41) is 0. The summed E-state index contributed by atoms with van der Waals surface area (Å²) in [5.41, 5.74) is 3.64. The van der Waals surface area contributed by atoms with Gasteiger partial charge in [0.05, 0.1) is 25.4 Å². The molecule has 0 radical (unpaired) electrons. The zero-order valence-electron chi connectivity index (χ0n) is 17.6. The molecule has 0 fully saturated rings. The highest BCUT2D eigenvalue weighted by molar-refractivity contribution is 5.88. The minimum absolute atomic E-state index is 0.160. The molecule has 1 aliphatic rings. The van der Waals surface area contributed by atoms with Gasteiger partial charge >= 0.3 is 0 Å². The summed E-state index contributed by atoms with van der Waals surface area (Å²) in [6.45, 7) is 2.81. The van der Waals surface area contributed by atoms with Gasteiger partial charge in [0, 0.05) is 30.6 Å². The van der Waals surface area contributed by atoms with Gasteiger partial charge in [-0.05, 0) is 30.5 Å². The number of rotatable bonds is 10. The number of carbonyl (C=O) groups is 1. The van der Waals surface area contributed by atoms with Crippen molar-refractivity contribution < 1.29 is 14.3 Å². The lowest BCUT2D eigenvalue weighted by Crippen LogP contribution is -2.28. The van der Waals surface area contributed by atoms with E-state index in [1.165, 1.54) is 24.1 Å². The number of fused-ring (bicyclic) bond motifs is 1. The molecule has 5 heteroatoms. The molecule has 0 aromatic heterocycles. The van der Waals surface area contributed by atoms with Crippen LogP contribution in [0.1, 0.15) is 48.5 Å². The van der Waals surface area contributed by atoms with E-state index in [0.29, 0.717) is 29.4 Å². The zero-order chi connectivity index (χ0) is 20.6. The predicted octanol–water partition coefficient (Wildman–Crippen LogP) is 5.23. The second kappa shape index (κ2) is 10.1. The van der Waals surface area contributed by atoms with Crippen LogP contribution in [0.25, 0.3) is 0 Å². The fourth-order valence-corrected chi connectivity index (χ4v) is 3.64. The van der Waals surface area contributed by atoms with Gasteiger partial charge in [0.2, 0.25) is 0 Å². The lowest BCUT2D eigenvalue weighted by Gasteiger charge is -2.19. The Morgan fingerprint density at radius 3 is 2.72 bits per heavy atom. The molecule has 0 saturated heterocycles. The Morgan fingerprint density at radius 1 is 1.17 bits per heavy atom. The third-order valence-corrected chi connectivity index (χ3v) is 5.38. The quantitative estimate of drug-likeness (QED) is 0.314. The normalized spacial score (nSPS) is 15.6. The van der Waals surface area contributed by atoms with Crippen LogP contribution in [0.5, 0.6) is 11.5 Å². The smallest absolute Gasteiger partial charge is 0.163 e. The Labute approximate surface area is 173 Å². The number of hydrogen-bond acceptors (Lipinski definition) is 5. The van der Waals surface area contributed by atoms with E-state index in [2.05, 4.69) is 42.1 Å². The van der Waals surface area contributed by atoms with Crippen LogP contribution in [0.4, 0.5) is 11.4 Å². The number of para-hydroxylation sites is 1. The molecule has 29 heavy (non-hydrogen) atoms. The molecule has 0 amide bonds. The summed E-state index contributed by atoms with van der Waals surface area (Å²) in [6, 6.07) is 12.0. The molecule has 154 valence electrons. The largest absolute Gasteiger partial charge is 0.493 e. The maximum atomic E-state index is 11.6. The molecule has 0 unspecified atom stereocenters. The standard InChI is InChI=1S/C24H30N2O3/c1-4-5-6-9-12-29-24-15-21(19(17-27)14-23(24)28-3)25-16-20-13-18-10-7-8-11-22(18)26(20)2/h7-8,10-11,14-17,20H,4-6,9,12-13H2,1-3H3/t20-/m0/s1. The molecule has 0 spiro atoms. The number of methoxy groups -OCH3 is 1. The average Bonchev–Trinajstić information content (AvgIpc) is 3.07. The highest BCUT2D eigenvalue weighted by atomic mass is 16.5. The molecule has 0 saturated carbocycles. The minimum atomic E-state index is 0.160. The van der Waals surface area contributed by atoms with E-state index in [0.717, 1.165) is 25.5 Å². The van der Waals surface area contributed by atoms with Crippen LogP contribution in [0.3, 0.4) is 0 Å². The van der Waals surface area contributed by atoms with Crippen LogP contribution in [0.2, 0.25) is 0 Å². The summed E-state index contributed by atoms with van der Waals surface area (Å²) in [6.07, 6.45) is 8.17. The van der Waals surface area contributed by atoms with Crippen LogP contribution >= 0.6 is 0 Å². The number of carbonyl (C=O) groups excluding carboxylic acids is 1. The Morgan fingerprint density at radius 2 is 2.00 bits per heavy atom. The molecule has 0 bridgehead atoms. The number of anilines is 1. The third-order valence-electron chi connectivity index (χ3n) is 5.38. The van der Waals surface area contributed by atoms with Crippen LogP contribution in [0, 0.1) is 0 Å². The summed E-state index contributed by atoms with van der Waals surface area (Å²) < 4.78 is 11.3. The monoisotopic (exact) mass is 394 g/mol. The van der Waals surface area contributed by atoms with Crippen LogP contribution < -0.4 is 14.4 Å². The summed E-state index contributed by atoms with van der Waals surface area (Å²) in [5.74, 6) is 1.19. The molecule has 1 atom stereocenters. The molecule has 5 nitrogen and oxygen atoms in total. The van der Waals surface area contributed by atoms with Crippen molar-refractivity contribution in [3.63, 3.8) is 0 Å². The van der Waals surface area contributed by atoms with Crippen molar-refractivity contribution in [3.8, 4) is 11.5 Å². The first-order chi connectivity index (χ1) is 14.2. The van der Waals surface area contributed by atoms with Crippen LogP contribution in [-0.4, -0.2) is 39.3 Å². The number of hydrogen-bond donors (Lipinski definition) is 0. The second-order valence-electron chi connectivity index (χ2n) is 7.38. The maximum Gasteiger partial charge on any atom is 0.163 e. The molecular weight excluding hydrogens is 364 g/mol. The van der Waals surface area contributed by atoms with Gasteiger partial charge in [0.1, 0.15) is 0 Å². The number of aliphatic imine (C=N–C) groups is 1. The lowest BCUT2D eigenvalue weighted by atomic mass is 10.1. The van der Waals surface area contributed by atoms with Crippen molar-refractivity contribution in [2.75, 3.05) is 25.7 Å². The first-order valence-corrected chi connectivity index (χ1v) is 10.3. The molecular formula is C24H30N2O3. The van der Waals surface area contributed by atoms with Gasteiger partial charge < -0.3 is 14.4 Å². The molecule has 0 N–H and O–H groups in total. The van der Waals surface area contributed by atoms with Gasteiger partial charge in [-0.25, -0.2) is 0 Å². The number of benzene rings is 2. The third kappa shape index (κ3) is 4.97. The van der Waals surface area contributed by atoms with Gasteiger partial charge in [0.25, 0.3) is 0 Å². The number of likely N-dealkylation sites (N-methyl/N-ethyl adjacent to an activating group) is 1. The van der Waals surface area contributed by atoms with Crippen LogP contribution in [-0.2, 0) is 6.42 Å². The highest BCUT2D eigenvalue weighted by Crippen LogP contribution is 2.35. The topological polar surface area (TPSA) is 51.1 Å². The Hall–Kier alpha value is -2.82. The second-order valence-corrected chi connectivity index (χ2v) is 7.38. The fraction of sp³-hybridized carbons (Fsp3) is 0.417. The first-order valence-electron chi connectivity index (χ1n) is 10.3. The first kappa shape index (κ1) is 20.9. The van der Waals surface area contributed by atoms with Crippen LogP contribution in [0.15, 0.2) is 41.4 Å². The molecule has 1 heterocycles. The summed E-state index contributed by atoms with van der Waals surface area (Å²) >= 11 is 0. The van der Waals surface area contributed by atoms with Gasteiger partial charge in [-0.3, -0.25) is 9.79 Å². The van der Waals surface area contributed by atoms with E-state index in [9.17, 15) is 4.79 Å². The Bertz CT molecular complexity index is 863. The van der Waals surface area contributed by atoms with Gasteiger partial charge in [-0.2, -0.15) is 0 Å². The average molecular weight is 395 g/mol. The van der Waals surface area contributed by atoms with E-state index in [1.54, 1.807) is 19.2 Å². The van der Waals surface area contributed by atoms with E-state index >= 15 is 0 Å². The van der Waals surface area contributed by atoms with Crippen molar-refractivity contribution in [1.29, 1.82) is 0 Å². The Kier molecular flexibility index (Phi) is 7.28. The van der Waals surface area contributed by atoms with Crippen molar-refractivity contribution in [1.82, 2.24) is 0 Å². The highest BCUT2D eigenvalue weighted by Gasteiger charge is 2.24. The van der Waals surface area contributed by atoms with Crippen molar-refractivity contribution >= 4 is 23.9 Å². The summed E-state index contributed by atoms with van der Waals surface area (Å²) in [7, 11) is 3.66. The zero-order valence-corrected chi connectivity index (χ0v) is 17.6. The van der Waals surface area contributed by atoms with E-state index in [-0.39, 0.29) is 6.04 Å². The number of aldehydes is 1. The molecule has 2 aromatic carbocycles. The van der Waals surface area contributed by atoms with E-state index < -0.39 is 0 Å². The van der Waals surface area contributed by atoms with Gasteiger partial charge in [-0.1, -0.05) is 44.4 Å². The fourth-order valence-electron chi connectivity index (χ4n) is 3.64. The van der Waals surface area contributed by atoms with Crippen molar-refractivity contribution in [2.24, 2.45) is 4.99 Å². The van der Waals surface area contributed by atoms with E-state index in [1.807, 2.05) is 12.3 Å². The number of ether oxygens (including phenoxy) is 2. The number of unbranched alkanes of at least 4 members (excludes halogenated alkanes) is 3. The lowest BCUT2D eigenvalue weighted by molar-refractivity contribution is 0.112. The number of nitrogens with zero attached hydrogens (tertiary/aromatic N) is 2. The molecule has 1 aliphatic heterocycles. The van der Waals surface area contributed by atoms with Gasteiger partial charge in [-0.15, -0.1) is 0 Å². The SMILES string of the molecule is CCCCCCOc1cc(N=C[C@@H]2Cc3ccccc3N2C)c(C=O)cc1OC. The Balaban J connectivity index is 1.76. The van der Waals surface area contributed by atoms with Crippen molar-refractivity contribution in [2.45, 2.75) is 45.1 Å². The van der Waals surface area contributed by atoms with E-state index in [4.69, 9.17) is 9.47 Å².